The van der Waals surface area contributed by atoms with Gasteiger partial charge in [-0.3, -0.25) is 4.98 Å². The normalized spacial score (nSPS) is 11.5. The van der Waals surface area contributed by atoms with E-state index in [1.54, 1.807) is 0 Å². The molecule has 0 atom stereocenters. The van der Waals surface area contributed by atoms with Gasteiger partial charge in [0.25, 0.3) is 0 Å². The van der Waals surface area contributed by atoms with Crippen molar-refractivity contribution in [3.8, 4) is 11.1 Å². The maximum atomic E-state index is 6.30. The van der Waals surface area contributed by atoms with Crippen molar-refractivity contribution in [3.63, 3.8) is 0 Å². The lowest BCUT2D eigenvalue weighted by atomic mass is 10.1. The summed E-state index contributed by atoms with van der Waals surface area (Å²) in [6.45, 7) is 0. The van der Waals surface area contributed by atoms with Crippen molar-refractivity contribution in [2.75, 3.05) is 11.9 Å². The second-order valence-corrected chi connectivity index (χ2v) is 8.01. The van der Waals surface area contributed by atoms with Crippen molar-refractivity contribution in [2.45, 2.75) is 0 Å². The Morgan fingerprint density at radius 1 is 0.968 bits per heavy atom. The van der Waals surface area contributed by atoms with Gasteiger partial charge in [-0.15, -0.1) is 0 Å². The number of halogens is 1. The number of nitrogens with one attached hydrogen (secondary N) is 1. The maximum Gasteiger partial charge on any atom is 0.144 e. The number of fused-ring (bicyclic) bond motifs is 4. The minimum Gasteiger partial charge on any atom is -0.360 e. The smallest absolute Gasteiger partial charge is 0.144 e. The van der Waals surface area contributed by atoms with Crippen molar-refractivity contribution < 1.29 is 0 Å². The van der Waals surface area contributed by atoms with Gasteiger partial charge in [0.15, 0.2) is 0 Å². The Labute approximate surface area is 183 Å². The second-order valence-electron chi connectivity index (χ2n) is 7.58. The number of nitrogens with zero attached hydrogens (tertiary/aromatic N) is 4. The van der Waals surface area contributed by atoms with Gasteiger partial charge in [0.05, 0.1) is 16.6 Å². The van der Waals surface area contributed by atoms with Crippen molar-refractivity contribution in [3.05, 3.63) is 90.3 Å². The van der Waals surface area contributed by atoms with Crippen LogP contribution in [0.15, 0.2) is 85.3 Å². The van der Waals surface area contributed by atoms with Crippen molar-refractivity contribution >= 4 is 50.7 Å². The lowest BCUT2D eigenvalue weighted by Crippen LogP contribution is -2.12. The molecule has 0 saturated heterocycles. The zero-order valence-electron chi connectivity index (χ0n) is 16.7. The molecule has 0 fully saturated rings. The van der Waals surface area contributed by atoms with E-state index in [-0.39, 0.29) is 0 Å². The fourth-order valence-electron chi connectivity index (χ4n) is 4.09. The Morgan fingerprint density at radius 2 is 1.90 bits per heavy atom. The minimum atomic E-state index is 0.705. The quantitative estimate of drug-likeness (QED) is 0.355. The van der Waals surface area contributed by atoms with Crippen LogP contribution in [-0.2, 0) is 0 Å². The Balaban J connectivity index is 1.49. The minimum absolute atomic E-state index is 0.705. The lowest BCUT2D eigenvalue weighted by molar-refractivity contribution is 1.12. The van der Waals surface area contributed by atoms with Crippen LogP contribution in [0.25, 0.3) is 38.7 Å². The second kappa shape index (κ2) is 6.86. The van der Waals surface area contributed by atoms with Gasteiger partial charge in [-0.25, -0.2) is 4.98 Å². The van der Waals surface area contributed by atoms with Crippen LogP contribution in [0.5, 0.6) is 0 Å². The molecule has 0 bridgehead atoms. The fourth-order valence-corrected chi connectivity index (χ4v) is 4.26. The van der Waals surface area contributed by atoms with Crippen molar-refractivity contribution in [1.29, 1.82) is 0 Å². The Morgan fingerprint density at radius 3 is 2.84 bits per heavy atom. The summed E-state index contributed by atoms with van der Waals surface area (Å²) in [5.74, 6) is 0.882. The van der Waals surface area contributed by atoms with Gasteiger partial charge in [0.2, 0.25) is 0 Å². The SMILES string of the molecule is CN(c1cccc(-c2cnc3cc[nH]c3c2)c1)c1nc2cccn2c2cc(Cl)ccc12. The van der Waals surface area contributed by atoms with Crippen LogP contribution in [0.4, 0.5) is 11.5 Å². The summed E-state index contributed by atoms with van der Waals surface area (Å²) in [6.07, 6.45) is 5.83. The van der Waals surface area contributed by atoms with E-state index in [1.807, 2.05) is 62.0 Å². The third-order valence-electron chi connectivity index (χ3n) is 5.69. The molecular weight excluding hydrogens is 406 g/mol. The van der Waals surface area contributed by atoms with E-state index in [4.69, 9.17) is 16.6 Å². The van der Waals surface area contributed by atoms with Crippen LogP contribution in [0.2, 0.25) is 5.02 Å². The predicted octanol–water partition coefficient (Wildman–Crippen LogP) is 6.45. The number of rotatable bonds is 3. The highest BCUT2D eigenvalue weighted by Gasteiger charge is 2.14. The number of hydrogen-bond donors (Lipinski definition) is 1. The van der Waals surface area contributed by atoms with Crippen LogP contribution < -0.4 is 4.90 Å². The Kier molecular flexibility index (Phi) is 3.98. The fraction of sp³-hybridized carbons (Fsp3) is 0.0400. The standard InChI is InChI=1S/C25H18ClN5/c1-30(25-20-8-7-18(26)14-23(20)31-11-3-6-24(31)29-25)19-5-2-4-16(12-19)17-13-22-21(28-15-17)9-10-27-22/h2-15,27H,1H3. The van der Waals surface area contributed by atoms with Crippen LogP contribution in [0.3, 0.4) is 0 Å². The molecule has 0 aliphatic carbocycles. The van der Waals surface area contributed by atoms with Gasteiger partial charge in [0.1, 0.15) is 11.5 Å². The summed E-state index contributed by atoms with van der Waals surface area (Å²) in [5, 5.41) is 1.74. The summed E-state index contributed by atoms with van der Waals surface area (Å²) in [5.41, 5.74) is 7.12. The number of H-pyrrole nitrogens is 1. The van der Waals surface area contributed by atoms with Crippen LogP contribution in [-0.4, -0.2) is 26.4 Å². The van der Waals surface area contributed by atoms with E-state index in [1.165, 1.54) is 0 Å². The summed E-state index contributed by atoms with van der Waals surface area (Å²) >= 11 is 6.30. The average molecular weight is 424 g/mol. The van der Waals surface area contributed by atoms with Gasteiger partial charge in [-0.1, -0.05) is 23.7 Å². The first kappa shape index (κ1) is 18.0. The predicted molar refractivity (Wildman–Crippen MR) is 127 cm³/mol. The monoisotopic (exact) mass is 423 g/mol. The van der Waals surface area contributed by atoms with Crippen molar-refractivity contribution in [2.24, 2.45) is 0 Å². The van der Waals surface area contributed by atoms with Gasteiger partial charge in [-0.2, -0.15) is 0 Å². The molecule has 0 radical (unpaired) electrons. The first-order valence-corrected chi connectivity index (χ1v) is 10.4. The first-order chi connectivity index (χ1) is 15.2. The molecule has 4 aromatic heterocycles. The number of pyridine rings is 1. The van der Waals surface area contributed by atoms with Gasteiger partial charge >= 0.3 is 0 Å². The average Bonchev–Trinajstić information content (AvgIpc) is 3.47. The maximum absolute atomic E-state index is 6.30. The summed E-state index contributed by atoms with van der Waals surface area (Å²) in [6, 6.07) is 22.5. The molecule has 0 unspecified atom stereocenters. The molecule has 0 spiro atoms. The molecule has 150 valence electrons. The third-order valence-corrected chi connectivity index (χ3v) is 5.93. The molecule has 6 heteroatoms. The highest BCUT2D eigenvalue weighted by Crippen LogP contribution is 2.34. The highest BCUT2D eigenvalue weighted by molar-refractivity contribution is 6.31. The Hall–Kier alpha value is -3.83. The molecule has 0 aliphatic rings. The Bertz CT molecular complexity index is 1580. The van der Waals surface area contributed by atoms with Gasteiger partial charge < -0.3 is 14.3 Å². The van der Waals surface area contributed by atoms with Crippen molar-refractivity contribution in [1.82, 2.24) is 19.4 Å². The van der Waals surface area contributed by atoms with E-state index in [2.05, 4.69) is 49.6 Å². The van der Waals surface area contributed by atoms with E-state index < -0.39 is 0 Å². The molecule has 4 heterocycles. The molecule has 2 aromatic carbocycles. The van der Waals surface area contributed by atoms with Crippen LogP contribution in [0, 0.1) is 0 Å². The summed E-state index contributed by atoms with van der Waals surface area (Å²) in [7, 11) is 2.04. The molecular formula is C25H18ClN5. The number of aromatic amines is 1. The van der Waals surface area contributed by atoms with E-state index >= 15 is 0 Å². The number of hydrogen-bond acceptors (Lipinski definition) is 3. The topological polar surface area (TPSA) is 49.2 Å². The molecule has 0 saturated carbocycles. The number of anilines is 2. The third kappa shape index (κ3) is 2.94. The van der Waals surface area contributed by atoms with E-state index in [0.29, 0.717) is 5.02 Å². The first-order valence-electron chi connectivity index (χ1n) is 10.0. The van der Waals surface area contributed by atoms with Crippen LogP contribution in [0.1, 0.15) is 0 Å². The molecule has 6 rings (SSSR count). The number of benzene rings is 2. The summed E-state index contributed by atoms with van der Waals surface area (Å²) < 4.78 is 2.06. The van der Waals surface area contributed by atoms with E-state index in [0.717, 1.165) is 50.2 Å². The molecule has 6 aromatic rings. The zero-order chi connectivity index (χ0) is 20.9. The lowest BCUT2D eigenvalue weighted by Gasteiger charge is -2.22. The number of aromatic nitrogens is 4. The molecule has 1 N–H and O–H groups in total. The molecule has 5 nitrogen and oxygen atoms in total. The van der Waals surface area contributed by atoms with Gasteiger partial charge in [-0.05, 0) is 60.2 Å². The zero-order valence-corrected chi connectivity index (χ0v) is 17.5. The van der Waals surface area contributed by atoms with Gasteiger partial charge in [0, 0.05) is 47.3 Å². The molecule has 0 aliphatic heterocycles. The van der Waals surface area contributed by atoms with Crippen LogP contribution >= 0.6 is 11.6 Å². The summed E-state index contributed by atoms with van der Waals surface area (Å²) in [4.78, 5) is 14.8. The molecule has 31 heavy (non-hydrogen) atoms. The molecule has 0 amide bonds. The van der Waals surface area contributed by atoms with E-state index in [9.17, 15) is 0 Å². The largest absolute Gasteiger partial charge is 0.360 e. The highest BCUT2D eigenvalue weighted by atomic mass is 35.5.